The second-order valence-corrected chi connectivity index (χ2v) is 10.9. The molecule has 2 amide bonds. The zero-order valence-corrected chi connectivity index (χ0v) is 21.4. The van der Waals surface area contributed by atoms with Gasteiger partial charge in [0.2, 0.25) is 0 Å². The number of benzene rings is 2. The highest BCUT2D eigenvalue weighted by atomic mass is 35.5. The van der Waals surface area contributed by atoms with Crippen LogP contribution in [-0.4, -0.2) is 34.0 Å². The van der Waals surface area contributed by atoms with Gasteiger partial charge in [0, 0.05) is 40.4 Å². The van der Waals surface area contributed by atoms with Crippen LogP contribution in [0.5, 0.6) is 0 Å². The molecule has 0 saturated heterocycles. The van der Waals surface area contributed by atoms with E-state index in [4.69, 9.17) is 11.6 Å². The predicted octanol–water partition coefficient (Wildman–Crippen LogP) is 6.63. The van der Waals surface area contributed by atoms with Crippen molar-refractivity contribution in [3.05, 3.63) is 105 Å². The molecule has 4 aromatic rings. The molecule has 0 radical (unpaired) electrons. The number of halogens is 1. The number of nitrogens with one attached hydrogen (secondary N) is 1. The van der Waals surface area contributed by atoms with Gasteiger partial charge in [0.1, 0.15) is 5.00 Å². The first-order valence-electron chi connectivity index (χ1n) is 11.9. The van der Waals surface area contributed by atoms with Crippen molar-refractivity contribution in [3.8, 4) is 5.00 Å². The van der Waals surface area contributed by atoms with E-state index in [9.17, 15) is 4.79 Å². The van der Waals surface area contributed by atoms with E-state index in [0.29, 0.717) is 11.6 Å². The minimum absolute atomic E-state index is 0.104. The van der Waals surface area contributed by atoms with Gasteiger partial charge < -0.3 is 19.7 Å². The zero-order valence-electron chi connectivity index (χ0n) is 19.8. The molecule has 2 aromatic carbocycles. The van der Waals surface area contributed by atoms with E-state index in [-0.39, 0.29) is 12.1 Å². The van der Waals surface area contributed by atoms with Gasteiger partial charge in [-0.1, -0.05) is 41.9 Å². The molecular weight excluding hydrogens is 476 g/mol. The van der Waals surface area contributed by atoms with Gasteiger partial charge in [0.25, 0.3) is 0 Å². The lowest BCUT2D eigenvalue weighted by Crippen LogP contribution is -2.38. The SMILES string of the molecule is Cc1ccccc1NC(=O)N1Cc2c(sc3c2CCN(C)C3)-n2cccc2C1c1ccc(Cl)cc1. The largest absolute Gasteiger partial charge is 0.322 e. The number of carbonyl (C=O) groups excluding carboxylic acids is 1. The second kappa shape index (κ2) is 8.86. The maximum atomic E-state index is 14.0. The summed E-state index contributed by atoms with van der Waals surface area (Å²) in [6.07, 6.45) is 3.14. The fourth-order valence-corrected chi connectivity index (χ4v) is 6.82. The molecule has 0 bridgehead atoms. The molecule has 5 nitrogen and oxygen atoms in total. The van der Waals surface area contributed by atoms with E-state index in [2.05, 4.69) is 40.2 Å². The van der Waals surface area contributed by atoms with Gasteiger partial charge in [-0.15, -0.1) is 11.3 Å². The molecule has 1 N–H and O–H groups in total. The van der Waals surface area contributed by atoms with Gasteiger partial charge in [-0.05, 0) is 67.4 Å². The number of fused-ring (bicyclic) bond motifs is 5. The van der Waals surface area contributed by atoms with Crippen LogP contribution in [0, 0.1) is 6.92 Å². The summed E-state index contributed by atoms with van der Waals surface area (Å²) in [7, 11) is 2.17. The van der Waals surface area contributed by atoms with E-state index < -0.39 is 0 Å². The molecule has 0 fully saturated rings. The number of hydrogen-bond acceptors (Lipinski definition) is 3. The normalized spacial score (nSPS) is 17.3. The molecule has 1 unspecified atom stereocenters. The number of thiophene rings is 1. The number of aromatic nitrogens is 1. The summed E-state index contributed by atoms with van der Waals surface area (Å²) >= 11 is 8.10. The number of amides is 2. The molecule has 2 aliphatic heterocycles. The summed E-state index contributed by atoms with van der Waals surface area (Å²) in [5, 5.41) is 5.12. The highest BCUT2D eigenvalue weighted by Crippen LogP contribution is 2.43. The number of anilines is 1. The van der Waals surface area contributed by atoms with Crippen molar-refractivity contribution < 1.29 is 4.79 Å². The number of nitrogens with zero attached hydrogens (tertiary/aromatic N) is 3. The highest BCUT2D eigenvalue weighted by molar-refractivity contribution is 7.15. The highest BCUT2D eigenvalue weighted by Gasteiger charge is 2.36. The summed E-state index contributed by atoms with van der Waals surface area (Å²) in [4.78, 5) is 19.7. The minimum atomic E-state index is -0.243. The van der Waals surface area contributed by atoms with Crippen molar-refractivity contribution in [3.63, 3.8) is 0 Å². The number of urea groups is 1. The number of para-hydroxylation sites is 1. The predicted molar refractivity (Wildman–Crippen MR) is 143 cm³/mol. The number of hydrogen-bond donors (Lipinski definition) is 1. The van der Waals surface area contributed by atoms with Crippen molar-refractivity contribution in [1.29, 1.82) is 0 Å². The van der Waals surface area contributed by atoms with Crippen molar-refractivity contribution in [2.24, 2.45) is 0 Å². The van der Waals surface area contributed by atoms with E-state index in [1.54, 1.807) is 0 Å². The summed E-state index contributed by atoms with van der Waals surface area (Å²) in [5.41, 5.74) is 6.68. The third kappa shape index (κ3) is 3.96. The van der Waals surface area contributed by atoms with E-state index in [1.165, 1.54) is 21.0 Å². The van der Waals surface area contributed by atoms with Crippen molar-refractivity contribution in [2.45, 2.75) is 32.5 Å². The van der Waals surface area contributed by atoms with Crippen molar-refractivity contribution >= 4 is 34.7 Å². The monoisotopic (exact) mass is 502 g/mol. The Bertz CT molecular complexity index is 1410. The van der Waals surface area contributed by atoms with Gasteiger partial charge in [-0.2, -0.15) is 0 Å². The molecule has 178 valence electrons. The first-order chi connectivity index (χ1) is 17.0. The quantitative estimate of drug-likeness (QED) is 0.334. The third-order valence-corrected chi connectivity index (χ3v) is 8.60. The van der Waals surface area contributed by atoms with Crippen LogP contribution in [0.4, 0.5) is 10.5 Å². The maximum Gasteiger partial charge on any atom is 0.322 e. The Kier molecular flexibility index (Phi) is 5.67. The van der Waals surface area contributed by atoms with Crippen molar-refractivity contribution in [2.75, 3.05) is 18.9 Å². The lowest BCUT2D eigenvalue weighted by Gasteiger charge is -2.32. The van der Waals surface area contributed by atoms with Crippen LogP contribution in [0.2, 0.25) is 5.02 Å². The summed E-state index contributed by atoms with van der Waals surface area (Å²) in [5.74, 6) is 0. The zero-order chi connectivity index (χ0) is 24.1. The Morgan fingerprint density at radius 2 is 1.83 bits per heavy atom. The fraction of sp³-hybridized carbons (Fsp3) is 0.250. The van der Waals surface area contributed by atoms with Crippen LogP contribution in [0.25, 0.3) is 5.00 Å². The molecule has 6 rings (SSSR count). The lowest BCUT2D eigenvalue weighted by atomic mass is 10.0. The van der Waals surface area contributed by atoms with Gasteiger partial charge in [-0.3, -0.25) is 0 Å². The van der Waals surface area contributed by atoms with E-state index in [1.807, 2.05) is 71.7 Å². The molecule has 0 spiro atoms. The fourth-order valence-electron chi connectivity index (χ4n) is 5.25. The van der Waals surface area contributed by atoms with Crippen LogP contribution in [0.15, 0.2) is 66.9 Å². The Hall–Kier alpha value is -3.06. The van der Waals surface area contributed by atoms with Crippen LogP contribution in [0.1, 0.15) is 38.9 Å². The van der Waals surface area contributed by atoms with Gasteiger partial charge in [0.05, 0.1) is 18.3 Å². The number of aryl methyl sites for hydroxylation is 1. The van der Waals surface area contributed by atoms with E-state index >= 15 is 0 Å². The minimum Gasteiger partial charge on any atom is -0.310 e. The smallest absolute Gasteiger partial charge is 0.310 e. The van der Waals surface area contributed by atoms with Crippen LogP contribution in [-0.2, 0) is 19.5 Å². The van der Waals surface area contributed by atoms with Crippen molar-refractivity contribution in [1.82, 2.24) is 14.4 Å². The number of carbonyl (C=O) groups is 1. The summed E-state index contributed by atoms with van der Waals surface area (Å²) < 4.78 is 2.29. The van der Waals surface area contributed by atoms with Crippen LogP contribution >= 0.6 is 22.9 Å². The number of rotatable bonds is 2. The first-order valence-corrected chi connectivity index (χ1v) is 13.1. The second-order valence-electron chi connectivity index (χ2n) is 9.41. The van der Waals surface area contributed by atoms with Crippen LogP contribution in [0.3, 0.4) is 0 Å². The topological polar surface area (TPSA) is 40.5 Å². The Labute approximate surface area is 214 Å². The molecule has 4 heterocycles. The average molecular weight is 503 g/mol. The van der Waals surface area contributed by atoms with Gasteiger partial charge >= 0.3 is 6.03 Å². The third-order valence-electron chi connectivity index (χ3n) is 7.09. The Morgan fingerprint density at radius 1 is 1.03 bits per heavy atom. The molecule has 0 aliphatic carbocycles. The molecule has 2 aliphatic rings. The first kappa shape index (κ1) is 22.4. The molecule has 2 aromatic heterocycles. The van der Waals surface area contributed by atoms with Gasteiger partial charge in [0.15, 0.2) is 0 Å². The summed E-state index contributed by atoms with van der Waals surface area (Å²) in [6.45, 7) is 4.56. The number of likely N-dealkylation sites (N-methyl/N-ethyl adjacent to an activating group) is 1. The Balaban J connectivity index is 1.50. The summed E-state index contributed by atoms with van der Waals surface area (Å²) in [6, 6.07) is 19.6. The molecule has 7 heteroatoms. The average Bonchev–Trinajstić information content (AvgIpc) is 3.43. The standard InChI is InChI=1S/C28H27ClN4OS/c1-18-6-3-4-7-23(18)30-28(34)33-16-22-21-13-15-31(2)17-25(21)35-27(22)32-14-5-8-24(32)26(33)19-9-11-20(29)12-10-19/h3-12,14,26H,13,15-17H2,1-2H3,(H,30,34). The maximum absolute atomic E-state index is 14.0. The van der Waals surface area contributed by atoms with Crippen LogP contribution < -0.4 is 5.32 Å². The molecule has 35 heavy (non-hydrogen) atoms. The Morgan fingerprint density at radius 3 is 2.63 bits per heavy atom. The van der Waals surface area contributed by atoms with Gasteiger partial charge in [-0.25, -0.2) is 4.79 Å². The molecule has 1 atom stereocenters. The molecule has 0 saturated carbocycles. The molecular formula is C28H27ClN4OS. The lowest BCUT2D eigenvalue weighted by molar-refractivity contribution is 0.194. The van der Waals surface area contributed by atoms with E-state index in [0.717, 1.165) is 42.0 Å².